The molecule has 4 nitrogen and oxygen atoms in total. The molecule has 0 unspecified atom stereocenters. The lowest BCUT2D eigenvalue weighted by Crippen LogP contribution is -2.10. The van der Waals surface area contributed by atoms with Crippen LogP contribution >= 0.6 is 0 Å². The standard InChI is InChI=1S/C22H34O4/c1-4-5-6-7-8-9-10-16-25-21(23)12-11-13-22(24)26-20-15-14-18(2)19(3)17-20/h14-15,17H,4-13,16H2,1-3H3. The molecule has 1 aromatic carbocycles. The van der Waals surface area contributed by atoms with Crippen molar-refractivity contribution in [1.82, 2.24) is 0 Å². The molecule has 0 amide bonds. The third-order valence-corrected chi connectivity index (χ3v) is 4.48. The molecule has 146 valence electrons. The normalized spacial score (nSPS) is 10.6. The smallest absolute Gasteiger partial charge is 0.311 e. The molecule has 0 saturated carbocycles. The minimum Gasteiger partial charge on any atom is -0.466 e. The molecule has 0 radical (unpaired) electrons. The summed E-state index contributed by atoms with van der Waals surface area (Å²) in [5.41, 5.74) is 2.25. The molecule has 26 heavy (non-hydrogen) atoms. The topological polar surface area (TPSA) is 52.6 Å². The van der Waals surface area contributed by atoms with Gasteiger partial charge in [0.15, 0.2) is 0 Å². The van der Waals surface area contributed by atoms with Crippen molar-refractivity contribution in [3.05, 3.63) is 29.3 Å². The molecule has 0 saturated heterocycles. The van der Waals surface area contributed by atoms with Crippen LogP contribution in [0, 0.1) is 13.8 Å². The Morgan fingerprint density at radius 3 is 2.15 bits per heavy atom. The third-order valence-electron chi connectivity index (χ3n) is 4.48. The van der Waals surface area contributed by atoms with Gasteiger partial charge in [0.2, 0.25) is 0 Å². The number of aryl methyl sites for hydroxylation is 2. The van der Waals surface area contributed by atoms with Crippen molar-refractivity contribution in [2.24, 2.45) is 0 Å². The molecule has 4 heteroatoms. The first-order valence-corrected chi connectivity index (χ1v) is 9.96. The van der Waals surface area contributed by atoms with Crippen LogP contribution in [-0.2, 0) is 14.3 Å². The van der Waals surface area contributed by atoms with Gasteiger partial charge in [0.25, 0.3) is 0 Å². The fraction of sp³-hybridized carbons (Fsp3) is 0.636. The molecule has 0 fully saturated rings. The highest BCUT2D eigenvalue weighted by atomic mass is 16.5. The van der Waals surface area contributed by atoms with Crippen molar-refractivity contribution in [3.8, 4) is 5.75 Å². The van der Waals surface area contributed by atoms with E-state index in [1.165, 1.54) is 32.1 Å². The number of carbonyl (C=O) groups excluding carboxylic acids is 2. The number of carbonyl (C=O) groups is 2. The van der Waals surface area contributed by atoms with Crippen LogP contribution in [0.25, 0.3) is 0 Å². The summed E-state index contributed by atoms with van der Waals surface area (Å²) < 4.78 is 10.5. The lowest BCUT2D eigenvalue weighted by atomic mass is 10.1. The van der Waals surface area contributed by atoms with Crippen LogP contribution < -0.4 is 4.74 Å². The maximum Gasteiger partial charge on any atom is 0.311 e. The Hall–Kier alpha value is -1.84. The molecule has 0 aliphatic heterocycles. The summed E-state index contributed by atoms with van der Waals surface area (Å²) in [6.45, 7) is 6.69. The molecular formula is C22H34O4. The van der Waals surface area contributed by atoms with E-state index in [9.17, 15) is 9.59 Å². The minimum absolute atomic E-state index is 0.222. The van der Waals surface area contributed by atoms with Gasteiger partial charge in [-0.15, -0.1) is 0 Å². The van der Waals surface area contributed by atoms with E-state index >= 15 is 0 Å². The number of rotatable bonds is 13. The molecule has 1 rings (SSSR count). The van der Waals surface area contributed by atoms with Crippen LogP contribution in [0.15, 0.2) is 18.2 Å². The maximum absolute atomic E-state index is 11.8. The molecule has 0 aromatic heterocycles. The quantitative estimate of drug-likeness (QED) is 0.258. The maximum atomic E-state index is 11.8. The Balaban J connectivity index is 2.04. The fourth-order valence-electron chi connectivity index (χ4n) is 2.65. The second kappa shape index (κ2) is 13.4. The minimum atomic E-state index is -0.312. The van der Waals surface area contributed by atoms with Crippen LogP contribution in [0.1, 0.15) is 82.3 Å². The summed E-state index contributed by atoms with van der Waals surface area (Å²) in [6, 6.07) is 5.57. The van der Waals surface area contributed by atoms with Crippen molar-refractivity contribution in [2.75, 3.05) is 6.61 Å². The number of ether oxygens (including phenoxy) is 2. The lowest BCUT2D eigenvalue weighted by Gasteiger charge is -2.07. The summed E-state index contributed by atoms with van der Waals surface area (Å²) in [5.74, 6) is 0.0164. The van der Waals surface area contributed by atoms with Gasteiger partial charge in [-0.3, -0.25) is 9.59 Å². The van der Waals surface area contributed by atoms with Crippen LogP contribution in [0.5, 0.6) is 5.75 Å². The highest BCUT2D eigenvalue weighted by Crippen LogP contribution is 2.17. The summed E-state index contributed by atoms with van der Waals surface area (Å²) in [7, 11) is 0. The van der Waals surface area contributed by atoms with Gasteiger partial charge in [0.05, 0.1) is 6.61 Å². The largest absolute Gasteiger partial charge is 0.466 e. The molecular weight excluding hydrogens is 328 g/mol. The van der Waals surface area contributed by atoms with Crippen molar-refractivity contribution in [3.63, 3.8) is 0 Å². The van der Waals surface area contributed by atoms with Crippen molar-refractivity contribution in [1.29, 1.82) is 0 Å². The van der Waals surface area contributed by atoms with Gasteiger partial charge in [0.1, 0.15) is 5.75 Å². The molecule has 0 bridgehead atoms. The van der Waals surface area contributed by atoms with Gasteiger partial charge in [-0.1, -0.05) is 51.5 Å². The van der Waals surface area contributed by atoms with Crippen molar-refractivity contribution in [2.45, 2.75) is 85.0 Å². The van der Waals surface area contributed by atoms with Crippen LogP contribution in [0.4, 0.5) is 0 Å². The van der Waals surface area contributed by atoms with Gasteiger partial charge in [0, 0.05) is 12.8 Å². The zero-order valence-corrected chi connectivity index (χ0v) is 16.6. The molecule has 0 N–H and O–H groups in total. The van der Waals surface area contributed by atoms with E-state index < -0.39 is 0 Å². The zero-order chi connectivity index (χ0) is 19.2. The van der Waals surface area contributed by atoms with Gasteiger partial charge >= 0.3 is 11.9 Å². The highest BCUT2D eigenvalue weighted by Gasteiger charge is 2.09. The first-order valence-electron chi connectivity index (χ1n) is 9.96. The molecule has 0 aliphatic rings. The lowest BCUT2D eigenvalue weighted by molar-refractivity contribution is -0.144. The zero-order valence-electron chi connectivity index (χ0n) is 16.6. The number of unbranched alkanes of at least 4 members (excludes halogenated alkanes) is 6. The van der Waals surface area contributed by atoms with Crippen LogP contribution in [0.2, 0.25) is 0 Å². The first-order chi connectivity index (χ1) is 12.5. The second-order valence-electron chi connectivity index (χ2n) is 6.92. The summed E-state index contributed by atoms with van der Waals surface area (Å²) in [6.07, 6.45) is 9.32. The highest BCUT2D eigenvalue weighted by molar-refractivity contribution is 5.74. The molecule has 0 spiro atoms. The Morgan fingerprint density at radius 2 is 1.46 bits per heavy atom. The Labute approximate surface area is 158 Å². The third kappa shape index (κ3) is 10.2. The van der Waals surface area contributed by atoms with Crippen LogP contribution in [-0.4, -0.2) is 18.5 Å². The second-order valence-corrected chi connectivity index (χ2v) is 6.92. The average molecular weight is 363 g/mol. The Kier molecular flexibility index (Phi) is 11.4. The van der Waals surface area contributed by atoms with E-state index in [1.807, 2.05) is 26.0 Å². The predicted molar refractivity (Wildman–Crippen MR) is 104 cm³/mol. The predicted octanol–water partition coefficient (Wildman–Crippen LogP) is 5.67. The van der Waals surface area contributed by atoms with Gasteiger partial charge in [-0.2, -0.15) is 0 Å². The first kappa shape index (κ1) is 22.2. The van der Waals surface area contributed by atoms with E-state index in [2.05, 4.69) is 6.92 Å². The Bertz CT molecular complexity index is 551. The molecule has 1 aromatic rings. The number of hydrogen-bond acceptors (Lipinski definition) is 4. The van der Waals surface area contributed by atoms with E-state index in [1.54, 1.807) is 6.07 Å². The average Bonchev–Trinajstić information content (AvgIpc) is 2.60. The summed E-state index contributed by atoms with van der Waals surface area (Å²) in [5, 5.41) is 0. The summed E-state index contributed by atoms with van der Waals surface area (Å²) in [4.78, 5) is 23.5. The van der Waals surface area contributed by atoms with Crippen molar-refractivity contribution < 1.29 is 19.1 Å². The van der Waals surface area contributed by atoms with E-state index in [-0.39, 0.29) is 24.8 Å². The number of benzene rings is 1. The van der Waals surface area contributed by atoms with Gasteiger partial charge in [-0.25, -0.2) is 0 Å². The number of esters is 2. The summed E-state index contributed by atoms with van der Waals surface area (Å²) >= 11 is 0. The number of hydrogen-bond donors (Lipinski definition) is 0. The van der Waals surface area contributed by atoms with E-state index in [4.69, 9.17) is 9.47 Å². The van der Waals surface area contributed by atoms with E-state index in [0.29, 0.717) is 18.8 Å². The molecule has 0 aliphatic carbocycles. The van der Waals surface area contributed by atoms with Crippen LogP contribution in [0.3, 0.4) is 0 Å². The molecule has 0 atom stereocenters. The SMILES string of the molecule is CCCCCCCCCOC(=O)CCCC(=O)Oc1ccc(C)c(C)c1. The van der Waals surface area contributed by atoms with Gasteiger partial charge in [-0.05, 0) is 49.9 Å². The van der Waals surface area contributed by atoms with Gasteiger partial charge < -0.3 is 9.47 Å². The molecule has 0 heterocycles. The van der Waals surface area contributed by atoms with E-state index in [0.717, 1.165) is 24.0 Å². The Morgan fingerprint density at radius 1 is 0.808 bits per heavy atom. The van der Waals surface area contributed by atoms with Crippen molar-refractivity contribution >= 4 is 11.9 Å². The fourth-order valence-corrected chi connectivity index (χ4v) is 2.65. The monoisotopic (exact) mass is 362 g/mol.